The summed E-state index contributed by atoms with van der Waals surface area (Å²) in [6.45, 7) is 4.83. The molecule has 4 aliphatic heterocycles. The molecule has 3 aromatic carbocycles. The van der Waals surface area contributed by atoms with Crippen LogP contribution in [0.1, 0.15) is 25.7 Å². The molecule has 0 aliphatic carbocycles. The highest BCUT2D eigenvalue weighted by Crippen LogP contribution is 2.37. The van der Waals surface area contributed by atoms with E-state index in [4.69, 9.17) is 18.9 Å². The molecule has 2 spiro atoms. The maximum absolute atomic E-state index is 12.3. The Morgan fingerprint density at radius 3 is 1.59 bits per heavy atom. The summed E-state index contributed by atoms with van der Waals surface area (Å²) in [5.74, 6) is 1.73. The summed E-state index contributed by atoms with van der Waals surface area (Å²) >= 11 is 0. The molecule has 0 unspecified atom stereocenters. The summed E-state index contributed by atoms with van der Waals surface area (Å²) in [5.41, 5.74) is 2.63. The van der Waals surface area contributed by atoms with Gasteiger partial charge in [0.1, 0.15) is 22.7 Å². The largest absolute Gasteiger partial charge is 0.497 e. The Morgan fingerprint density at radius 1 is 0.636 bits per heavy atom. The molecule has 0 atom stereocenters. The molecule has 0 bridgehead atoms. The first-order valence-electron chi connectivity index (χ1n) is 15.2. The first-order valence-corrected chi connectivity index (χ1v) is 15.2. The van der Waals surface area contributed by atoms with E-state index < -0.39 is 0 Å². The summed E-state index contributed by atoms with van der Waals surface area (Å²) in [6.07, 6.45) is 2.92. The molecule has 44 heavy (non-hydrogen) atoms. The standard InChI is InChI=1S/C20H22N2O3.C14H18N2O3/c1-24-18-9-7-16(8-10-18)21-13-11-20(12-14-21)15-22(19(23)25-20)17-5-3-2-4-6-17;1-18-12-4-2-11(3-5-12)16-8-6-14(7-9-16)10-15-13(17)19-14/h2-10H,11-15H2,1H3;2-5H,6-10H2,1H3,(H,15,17). The van der Waals surface area contributed by atoms with Gasteiger partial charge in [0.2, 0.25) is 0 Å². The fraction of sp³-hybridized carbons (Fsp3) is 0.412. The third-order valence-electron chi connectivity index (χ3n) is 9.13. The zero-order valence-corrected chi connectivity index (χ0v) is 25.4. The number of benzene rings is 3. The summed E-state index contributed by atoms with van der Waals surface area (Å²) < 4.78 is 21.6. The van der Waals surface area contributed by atoms with Crippen LogP contribution in [0.2, 0.25) is 0 Å². The van der Waals surface area contributed by atoms with Crippen LogP contribution in [-0.4, -0.2) is 76.9 Å². The fourth-order valence-corrected chi connectivity index (χ4v) is 6.40. The number of carbonyl (C=O) groups is 2. The van der Waals surface area contributed by atoms with Crippen molar-refractivity contribution in [1.82, 2.24) is 5.32 Å². The van der Waals surface area contributed by atoms with Crippen LogP contribution >= 0.6 is 0 Å². The number of nitrogens with one attached hydrogen (secondary N) is 1. The van der Waals surface area contributed by atoms with Gasteiger partial charge in [0, 0.05) is 68.9 Å². The highest BCUT2D eigenvalue weighted by molar-refractivity contribution is 5.90. The van der Waals surface area contributed by atoms with E-state index in [0.29, 0.717) is 13.1 Å². The van der Waals surface area contributed by atoms with E-state index in [1.54, 1.807) is 19.1 Å². The van der Waals surface area contributed by atoms with Gasteiger partial charge in [0.15, 0.2) is 0 Å². The van der Waals surface area contributed by atoms with Crippen LogP contribution in [0.5, 0.6) is 11.5 Å². The Balaban J connectivity index is 0.000000162. The molecule has 1 N–H and O–H groups in total. The van der Waals surface area contributed by atoms with E-state index >= 15 is 0 Å². The Morgan fingerprint density at radius 2 is 1.14 bits per heavy atom. The number of hydrogen-bond acceptors (Lipinski definition) is 8. The van der Waals surface area contributed by atoms with Gasteiger partial charge in [-0.05, 0) is 60.7 Å². The second kappa shape index (κ2) is 12.6. The van der Waals surface area contributed by atoms with Gasteiger partial charge in [-0.3, -0.25) is 4.90 Å². The predicted octanol–water partition coefficient (Wildman–Crippen LogP) is 5.47. The summed E-state index contributed by atoms with van der Waals surface area (Å²) in [7, 11) is 3.34. The number of piperidine rings is 2. The van der Waals surface area contributed by atoms with Crippen molar-refractivity contribution in [1.29, 1.82) is 0 Å². The lowest BCUT2D eigenvalue weighted by atomic mass is 9.91. The van der Waals surface area contributed by atoms with Crippen LogP contribution in [0, 0.1) is 0 Å². The fourth-order valence-electron chi connectivity index (χ4n) is 6.40. The molecule has 4 heterocycles. The number of nitrogens with zero attached hydrogens (tertiary/aromatic N) is 3. The highest BCUT2D eigenvalue weighted by Gasteiger charge is 2.47. The maximum atomic E-state index is 12.3. The number of para-hydroxylation sites is 1. The molecule has 4 saturated heterocycles. The van der Waals surface area contributed by atoms with Crippen molar-refractivity contribution in [3.8, 4) is 11.5 Å². The van der Waals surface area contributed by atoms with E-state index in [9.17, 15) is 9.59 Å². The van der Waals surface area contributed by atoms with Gasteiger partial charge in [0.05, 0.1) is 27.3 Å². The molecule has 232 valence electrons. The average Bonchev–Trinajstić information content (AvgIpc) is 3.60. The second-order valence-electron chi connectivity index (χ2n) is 11.8. The smallest absolute Gasteiger partial charge is 0.415 e. The lowest BCUT2D eigenvalue weighted by Crippen LogP contribution is -2.47. The third-order valence-corrected chi connectivity index (χ3v) is 9.13. The molecule has 4 aliphatic rings. The normalized spacial score (nSPS) is 20.0. The number of alkyl carbamates (subject to hydrolysis) is 1. The number of rotatable bonds is 5. The molecular formula is C34H40N4O6. The Kier molecular flexibility index (Phi) is 8.41. The molecule has 2 amide bonds. The quantitative estimate of drug-likeness (QED) is 0.413. The summed E-state index contributed by atoms with van der Waals surface area (Å²) in [4.78, 5) is 29.9. The molecule has 7 rings (SSSR count). The highest BCUT2D eigenvalue weighted by atomic mass is 16.6. The topological polar surface area (TPSA) is 92.8 Å². The van der Waals surface area contributed by atoms with Gasteiger partial charge < -0.3 is 34.1 Å². The molecule has 4 fully saturated rings. The zero-order chi connectivity index (χ0) is 30.6. The number of hydrogen-bond donors (Lipinski definition) is 1. The first-order chi connectivity index (χ1) is 21.4. The van der Waals surface area contributed by atoms with Crippen molar-refractivity contribution >= 4 is 29.2 Å². The number of methoxy groups -OCH3 is 2. The van der Waals surface area contributed by atoms with Crippen molar-refractivity contribution in [2.45, 2.75) is 36.9 Å². The predicted molar refractivity (Wildman–Crippen MR) is 169 cm³/mol. The van der Waals surface area contributed by atoms with Gasteiger partial charge in [-0.15, -0.1) is 0 Å². The molecule has 0 aromatic heterocycles. The molecule has 0 saturated carbocycles. The van der Waals surface area contributed by atoms with Gasteiger partial charge in [0.25, 0.3) is 0 Å². The van der Waals surface area contributed by atoms with Crippen LogP contribution in [-0.2, 0) is 9.47 Å². The van der Waals surface area contributed by atoms with Crippen LogP contribution in [0.3, 0.4) is 0 Å². The van der Waals surface area contributed by atoms with E-state index in [2.05, 4.69) is 39.4 Å². The van der Waals surface area contributed by atoms with Crippen LogP contribution < -0.4 is 29.5 Å². The Labute approximate surface area is 258 Å². The van der Waals surface area contributed by atoms with E-state index in [1.807, 2.05) is 54.6 Å². The van der Waals surface area contributed by atoms with E-state index in [-0.39, 0.29) is 23.4 Å². The first kappa shape index (κ1) is 29.5. The van der Waals surface area contributed by atoms with Gasteiger partial charge in [-0.2, -0.15) is 0 Å². The van der Waals surface area contributed by atoms with Gasteiger partial charge in [-0.1, -0.05) is 18.2 Å². The SMILES string of the molecule is COc1ccc(N2CCC3(CC2)CN(c2ccccc2)C(=O)O3)cc1.COc1ccc(N2CCC3(CC2)CNC(=O)O3)cc1. The third kappa shape index (κ3) is 6.34. The number of ether oxygens (including phenoxy) is 4. The van der Waals surface area contributed by atoms with E-state index in [1.165, 1.54) is 11.4 Å². The number of anilines is 3. The minimum atomic E-state index is -0.365. The van der Waals surface area contributed by atoms with E-state index in [0.717, 1.165) is 69.0 Å². The molecule has 3 aromatic rings. The molecule has 0 radical (unpaired) electrons. The molecule has 10 nitrogen and oxygen atoms in total. The van der Waals surface area contributed by atoms with Crippen LogP contribution in [0.25, 0.3) is 0 Å². The summed E-state index contributed by atoms with van der Waals surface area (Å²) in [6, 6.07) is 25.9. The van der Waals surface area contributed by atoms with Gasteiger partial charge >= 0.3 is 12.2 Å². The number of amides is 2. The molecule has 10 heteroatoms. The van der Waals surface area contributed by atoms with Crippen LogP contribution in [0.15, 0.2) is 78.9 Å². The van der Waals surface area contributed by atoms with Gasteiger partial charge in [-0.25, -0.2) is 9.59 Å². The monoisotopic (exact) mass is 600 g/mol. The minimum absolute atomic E-state index is 0.232. The Hall–Kier alpha value is -4.60. The van der Waals surface area contributed by atoms with Crippen molar-refractivity contribution in [3.63, 3.8) is 0 Å². The van der Waals surface area contributed by atoms with Crippen LogP contribution in [0.4, 0.5) is 26.7 Å². The minimum Gasteiger partial charge on any atom is -0.497 e. The lowest BCUT2D eigenvalue weighted by molar-refractivity contribution is 0.0360. The number of carbonyl (C=O) groups excluding carboxylic acids is 2. The Bertz CT molecular complexity index is 1420. The van der Waals surface area contributed by atoms with Crippen molar-refractivity contribution in [2.75, 3.05) is 68.2 Å². The zero-order valence-electron chi connectivity index (χ0n) is 25.4. The lowest BCUT2D eigenvalue weighted by Gasteiger charge is -2.38. The second-order valence-corrected chi connectivity index (χ2v) is 11.8. The summed E-state index contributed by atoms with van der Waals surface area (Å²) in [5, 5.41) is 2.75. The van der Waals surface area contributed by atoms with Crippen molar-refractivity contribution < 1.29 is 28.5 Å². The average molecular weight is 601 g/mol. The maximum Gasteiger partial charge on any atom is 0.415 e. The molecular weight excluding hydrogens is 560 g/mol. The van der Waals surface area contributed by atoms with Crippen molar-refractivity contribution in [2.24, 2.45) is 0 Å². The van der Waals surface area contributed by atoms with Crippen molar-refractivity contribution in [3.05, 3.63) is 78.9 Å².